The Balaban J connectivity index is 2.11. The molecule has 8 nitrogen and oxygen atoms in total. The molecule has 41 heavy (non-hydrogen) atoms. The van der Waals surface area contributed by atoms with Gasteiger partial charge in [-0.1, -0.05) is 49.7 Å². The highest BCUT2D eigenvalue weighted by atomic mass is 32.2. The first-order valence-corrected chi connectivity index (χ1v) is 15.0. The molecule has 0 aromatic heterocycles. The second-order valence-corrected chi connectivity index (χ2v) is 11.7. The van der Waals surface area contributed by atoms with Gasteiger partial charge in [-0.25, -0.2) is 12.8 Å². The first-order chi connectivity index (χ1) is 19.5. The van der Waals surface area contributed by atoms with Gasteiger partial charge in [0.05, 0.1) is 17.7 Å². The third-order valence-electron chi connectivity index (χ3n) is 6.69. The molecule has 0 fully saturated rings. The Morgan fingerprint density at radius 1 is 0.951 bits per heavy atom. The second-order valence-electron chi connectivity index (χ2n) is 9.86. The molecule has 0 radical (unpaired) electrons. The second kappa shape index (κ2) is 14.1. The maximum atomic E-state index is 14.1. The molecule has 10 heteroatoms. The number of nitrogens with zero attached hydrogens (tertiary/aromatic N) is 2. The minimum absolute atomic E-state index is 0.0114. The zero-order valence-corrected chi connectivity index (χ0v) is 25.0. The van der Waals surface area contributed by atoms with Crippen molar-refractivity contribution in [2.45, 2.75) is 58.0 Å². The topological polar surface area (TPSA) is 96.0 Å². The number of halogens is 1. The summed E-state index contributed by atoms with van der Waals surface area (Å²) in [5.41, 5.74) is 2.45. The van der Waals surface area contributed by atoms with Gasteiger partial charge in [-0.2, -0.15) is 0 Å². The number of sulfonamides is 1. The first-order valence-electron chi connectivity index (χ1n) is 13.6. The van der Waals surface area contributed by atoms with Gasteiger partial charge in [0.25, 0.3) is 10.0 Å². The lowest BCUT2D eigenvalue weighted by atomic mass is 10.1. The van der Waals surface area contributed by atoms with E-state index in [9.17, 15) is 22.4 Å². The number of ether oxygens (including phenoxy) is 1. The summed E-state index contributed by atoms with van der Waals surface area (Å²) in [6.07, 6.45) is 1.00. The monoisotopic (exact) mass is 583 g/mol. The molecule has 0 saturated heterocycles. The lowest BCUT2D eigenvalue weighted by Gasteiger charge is -2.33. The van der Waals surface area contributed by atoms with Crippen LogP contribution in [-0.4, -0.2) is 51.4 Å². The van der Waals surface area contributed by atoms with Gasteiger partial charge >= 0.3 is 0 Å². The van der Waals surface area contributed by atoms with Gasteiger partial charge in [0.2, 0.25) is 11.8 Å². The summed E-state index contributed by atoms with van der Waals surface area (Å²) in [5, 5.41) is 2.84. The third kappa shape index (κ3) is 7.85. The smallest absolute Gasteiger partial charge is 0.264 e. The van der Waals surface area contributed by atoms with Crippen molar-refractivity contribution in [2.75, 3.05) is 24.5 Å². The fourth-order valence-corrected chi connectivity index (χ4v) is 5.83. The molecule has 0 spiro atoms. The highest BCUT2D eigenvalue weighted by molar-refractivity contribution is 7.92. The maximum absolute atomic E-state index is 14.1. The summed E-state index contributed by atoms with van der Waals surface area (Å²) in [7, 11) is -2.81. The Hall–Kier alpha value is -3.92. The standard InChI is InChI=1S/C31H38FN3O5S/c1-6-18-33-31(37)27(7-2)34(20-24-11-13-25(32)14-12-24)30(36)21-35(28-19-23(4)10-17-29(28)40-5)41(38,39)26-15-8-22(3)9-16-26/h8-17,19,27H,6-7,18,20-21H2,1-5H3,(H,33,37)/t27-/m1/s1. The van der Waals surface area contributed by atoms with Crippen molar-refractivity contribution in [1.82, 2.24) is 10.2 Å². The summed E-state index contributed by atoms with van der Waals surface area (Å²) in [6.45, 7) is 7.20. The SMILES string of the molecule is CCCNC(=O)[C@@H](CC)N(Cc1ccc(F)cc1)C(=O)CN(c1cc(C)ccc1OC)S(=O)(=O)c1ccc(C)cc1. The van der Waals surface area contributed by atoms with Crippen LogP contribution in [0.3, 0.4) is 0 Å². The molecule has 3 aromatic carbocycles. The number of benzene rings is 3. The maximum Gasteiger partial charge on any atom is 0.264 e. The van der Waals surface area contributed by atoms with E-state index in [1.54, 1.807) is 37.3 Å². The Morgan fingerprint density at radius 3 is 2.17 bits per heavy atom. The van der Waals surface area contributed by atoms with Crippen molar-refractivity contribution in [3.8, 4) is 5.75 Å². The molecule has 220 valence electrons. The van der Waals surface area contributed by atoms with Crippen molar-refractivity contribution in [3.63, 3.8) is 0 Å². The zero-order valence-electron chi connectivity index (χ0n) is 24.2. The normalized spacial score (nSPS) is 12.0. The molecule has 2 amide bonds. The summed E-state index contributed by atoms with van der Waals surface area (Å²) in [4.78, 5) is 28.6. The van der Waals surface area contributed by atoms with Crippen molar-refractivity contribution in [3.05, 3.63) is 89.2 Å². The van der Waals surface area contributed by atoms with E-state index >= 15 is 0 Å². The number of rotatable bonds is 13. The van der Waals surface area contributed by atoms with Gasteiger partial charge in [-0.15, -0.1) is 0 Å². The summed E-state index contributed by atoms with van der Waals surface area (Å²) >= 11 is 0. The van der Waals surface area contributed by atoms with Crippen LogP contribution in [0, 0.1) is 19.7 Å². The van der Waals surface area contributed by atoms with Gasteiger partial charge in [0, 0.05) is 13.1 Å². The molecular formula is C31H38FN3O5S. The van der Waals surface area contributed by atoms with Crippen molar-refractivity contribution >= 4 is 27.5 Å². The van der Waals surface area contributed by atoms with Crippen molar-refractivity contribution in [2.24, 2.45) is 0 Å². The summed E-state index contributed by atoms with van der Waals surface area (Å²) < 4.78 is 48.3. The molecule has 0 aliphatic heterocycles. The molecule has 0 bridgehead atoms. The highest BCUT2D eigenvalue weighted by Gasteiger charge is 2.34. The molecule has 0 saturated carbocycles. The molecule has 3 rings (SSSR count). The Kier molecular flexibility index (Phi) is 10.9. The van der Waals surface area contributed by atoms with E-state index in [0.717, 1.165) is 15.4 Å². The minimum Gasteiger partial charge on any atom is -0.495 e. The van der Waals surface area contributed by atoms with Crippen LogP contribution in [0.4, 0.5) is 10.1 Å². The lowest BCUT2D eigenvalue weighted by Crippen LogP contribution is -2.52. The fourth-order valence-electron chi connectivity index (χ4n) is 4.42. The Morgan fingerprint density at radius 2 is 1.59 bits per heavy atom. The predicted octanol–water partition coefficient (Wildman–Crippen LogP) is 4.98. The predicted molar refractivity (Wildman–Crippen MR) is 158 cm³/mol. The molecule has 1 N–H and O–H groups in total. The van der Waals surface area contributed by atoms with Gasteiger partial charge in [-0.05, 0) is 74.2 Å². The Labute approximate surface area is 242 Å². The summed E-state index contributed by atoms with van der Waals surface area (Å²) in [6, 6.07) is 16.2. The van der Waals surface area contributed by atoms with Crippen LogP contribution in [0.1, 0.15) is 43.4 Å². The average Bonchev–Trinajstić information content (AvgIpc) is 2.95. The number of methoxy groups -OCH3 is 1. The number of hydrogen-bond donors (Lipinski definition) is 1. The largest absolute Gasteiger partial charge is 0.495 e. The van der Waals surface area contributed by atoms with Crippen molar-refractivity contribution in [1.29, 1.82) is 0 Å². The number of nitrogens with one attached hydrogen (secondary N) is 1. The third-order valence-corrected chi connectivity index (χ3v) is 8.47. The zero-order chi connectivity index (χ0) is 30.2. The number of carbonyl (C=O) groups is 2. The molecule has 0 unspecified atom stereocenters. The van der Waals surface area contributed by atoms with E-state index < -0.39 is 34.3 Å². The number of amides is 2. The van der Waals surface area contributed by atoms with E-state index in [-0.39, 0.29) is 28.8 Å². The lowest BCUT2D eigenvalue weighted by molar-refractivity contribution is -0.140. The highest BCUT2D eigenvalue weighted by Crippen LogP contribution is 2.34. The van der Waals surface area contributed by atoms with Gasteiger partial charge in [-0.3, -0.25) is 13.9 Å². The summed E-state index contributed by atoms with van der Waals surface area (Å²) in [5.74, 6) is -1.09. The molecule has 0 heterocycles. The number of hydrogen-bond acceptors (Lipinski definition) is 5. The quantitative estimate of drug-likeness (QED) is 0.306. The van der Waals surface area contributed by atoms with Crippen LogP contribution in [0.25, 0.3) is 0 Å². The molecule has 3 aromatic rings. The molecule has 0 aliphatic carbocycles. The number of aryl methyl sites for hydroxylation is 2. The van der Waals surface area contributed by atoms with Crippen molar-refractivity contribution < 1.29 is 27.1 Å². The number of anilines is 1. The van der Waals surface area contributed by atoms with E-state index in [1.165, 1.54) is 48.4 Å². The fraction of sp³-hybridized carbons (Fsp3) is 0.355. The van der Waals surface area contributed by atoms with Crippen LogP contribution in [0.15, 0.2) is 71.6 Å². The van der Waals surface area contributed by atoms with Crippen LogP contribution in [0.2, 0.25) is 0 Å². The number of carbonyl (C=O) groups excluding carboxylic acids is 2. The molecule has 0 aliphatic rings. The van der Waals surface area contributed by atoms with Gasteiger partial charge in [0.1, 0.15) is 24.2 Å². The van der Waals surface area contributed by atoms with Gasteiger partial charge in [0.15, 0.2) is 0 Å². The minimum atomic E-state index is -4.24. The van der Waals surface area contributed by atoms with E-state index in [1.807, 2.05) is 20.8 Å². The van der Waals surface area contributed by atoms with E-state index in [4.69, 9.17) is 4.74 Å². The first kappa shape index (κ1) is 31.6. The Bertz CT molecular complexity index is 1440. The molecule has 1 atom stereocenters. The van der Waals surface area contributed by atoms with Crippen LogP contribution in [-0.2, 0) is 26.2 Å². The van der Waals surface area contributed by atoms with E-state index in [2.05, 4.69) is 5.32 Å². The van der Waals surface area contributed by atoms with Crippen LogP contribution < -0.4 is 14.4 Å². The molecular weight excluding hydrogens is 545 g/mol. The average molecular weight is 584 g/mol. The van der Waals surface area contributed by atoms with Crippen LogP contribution in [0.5, 0.6) is 5.75 Å². The van der Waals surface area contributed by atoms with Crippen LogP contribution >= 0.6 is 0 Å². The van der Waals surface area contributed by atoms with Gasteiger partial charge < -0.3 is 15.0 Å². The van der Waals surface area contributed by atoms with E-state index in [0.29, 0.717) is 24.9 Å².